The van der Waals surface area contributed by atoms with Crippen LogP contribution in [-0.4, -0.2) is 23.6 Å². The van der Waals surface area contributed by atoms with Gasteiger partial charge in [-0.25, -0.2) is 0 Å². The summed E-state index contributed by atoms with van der Waals surface area (Å²) in [5.41, 5.74) is -1.44. The number of pyridine rings is 1. The monoisotopic (exact) mass is 353 g/mol. The molecule has 8 heteroatoms. The van der Waals surface area contributed by atoms with Crippen molar-refractivity contribution in [1.29, 1.82) is 0 Å². The van der Waals surface area contributed by atoms with Crippen molar-refractivity contribution >= 4 is 5.78 Å². The lowest BCUT2D eigenvalue weighted by atomic mass is 10.1. The summed E-state index contributed by atoms with van der Waals surface area (Å²) in [6, 6.07) is 6.03. The van der Waals surface area contributed by atoms with Crippen LogP contribution in [0.3, 0.4) is 0 Å². The molecule has 132 valence electrons. The van der Waals surface area contributed by atoms with Crippen molar-refractivity contribution in [1.82, 2.24) is 4.57 Å². The Morgan fingerprint density at radius 1 is 1.08 bits per heavy atom. The largest absolute Gasteiger partial charge is 0.490 e. The Bertz CT molecular complexity index is 858. The van der Waals surface area contributed by atoms with Crippen LogP contribution in [0.2, 0.25) is 0 Å². The molecule has 1 aromatic carbocycles. The Hall–Kier alpha value is -2.77. The van der Waals surface area contributed by atoms with Crippen LogP contribution in [0.15, 0.2) is 41.3 Å². The Labute approximate surface area is 140 Å². The summed E-state index contributed by atoms with van der Waals surface area (Å²) in [4.78, 5) is 24.1. The molecule has 0 saturated carbocycles. The maximum atomic E-state index is 12.8. The van der Waals surface area contributed by atoms with Crippen molar-refractivity contribution in [2.24, 2.45) is 0 Å². The van der Waals surface area contributed by atoms with Crippen LogP contribution in [0.4, 0.5) is 13.2 Å². The molecule has 2 heterocycles. The molecule has 0 N–H and O–H groups in total. The predicted molar refractivity (Wildman–Crippen MR) is 82.1 cm³/mol. The second kappa shape index (κ2) is 6.62. The maximum Gasteiger partial charge on any atom is 0.417 e. The minimum atomic E-state index is -4.59. The molecule has 0 saturated heterocycles. The van der Waals surface area contributed by atoms with Crippen LogP contribution in [0, 0.1) is 0 Å². The zero-order valence-corrected chi connectivity index (χ0v) is 13.0. The zero-order chi connectivity index (χ0) is 18.0. The first-order chi connectivity index (χ1) is 11.8. The third-order valence-corrected chi connectivity index (χ3v) is 3.69. The average molecular weight is 353 g/mol. The number of alkyl halides is 3. The Kier molecular flexibility index (Phi) is 4.52. The fourth-order valence-electron chi connectivity index (χ4n) is 2.41. The number of fused-ring (bicyclic) bond motifs is 1. The van der Waals surface area contributed by atoms with Gasteiger partial charge in [0, 0.05) is 24.2 Å². The summed E-state index contributed by atoms with van der Waals surface area (Å²) < 4.78 is 50.0. The highest BCUT2D eigenvalue weighted by atomic mass is 19.4. The molecular weight excluding hydrogens is 339 g/mol. The molecule has 0 unspecified atom stereocenters. The van der Waals surface area contributed by atoms with Gasteiger partial charge in [0.2, 0.25) is 0 Å². The van der Waals surface area contributed by atoms with E-state index in [0.29, 0.717) is 43.4 Å². The average Bonchev–Trinajstić information content (AvgIpc) is 2.80. The molecule has 25 heavy (non-hydrogen) atoms. The van der Waals surface area contributed by atoms with Crippen molar-refractivity contribution in [3.63, 3.8) is 0 Å². The van der Waals surface area contributed by atoms with Gasteiger partial charge in [-0.2, -0.15) is 13.2 Å². The summed E-state index contributed by atoms with van der Waals surface area (Å²) in [6.07, 6.45) is -3.24. The third-order valence-electron chi connectivity index (χ3n) is 3.69. The minimum absolute atomic E-state index is 0.230. The molecule has 0 aliphatic carbocycles. The SMILES string of the molecule is O=C(Cn1cc(C(F)(F)F)ccc1=O)c1ccc2c(c1)OCCCO2. The van der Waals surface area contributed by atoms with Gasteiger partial charge in [-0.1, -0.05) is 0 Å². The molecule has 0 bridgehead atoms. The van der Waals surface area contributed by atoms with Gasteiger partial charge >= 0.3 is 6.18 Å². The van der Waals surface area contributed by atoms with Gasteiger partial charge in [0.15, 0.2) is 17.3 Å². The molecule has 0 radical (unpaired) electrons. The fourth-order valence-corrected chi connectivity index (χ4v) is 2.41. The highest BCUT2D eigenvalue weighted by Crippen LogP contribution is 2.31. The van der Waals surface area contributed by atoms with Crippen molar-refractivity contribution in [2.75, 3.05) is 13.2 Å². The van der Waals surface area contributed by atoms with Crippen molar-refractivity contribution in [2.45, 2.75) is 19.1 Å². The molecule has 0 atom stereocenters. The molecule has 0 spiro atoms. The third kappa shape index (κ3) is 3.84. The van der Waals surface area contributed by atoms with E-state index < -0.39 is 29.6 Å². The van der Waals surface area contributed by atoms with Gasteiger partial charge in [-0.15, -0.1) is 0 Å². The van der Waals surface area contributed by atoms with E-state index in [9.17, 15) is 22.8 Å². The second-order valence-electron chi connectivity index (χ2n) is 5.52. The van der Waals surface area contributed by atoms with E-state index in [2.05, 4.69) is 0 Å². The maximum absolute atomic E-state index is 12.8. The Balaban J connectivity index is 1.85. The van der Waals surface area contributed by atoms with Crippen molar-refractivity contribution in [3.05, 3.63) is 58.0 Å². The number of Topliss-reactive ketones (excluding diaryl/α,β-unsaturated/α-hetero) is 1. The van der Waals surface area contributed by atoms with Crippen molar-refractivity contribution in [3.8, 4) is 11.5 Å². The summed E-state index contributed by atoms with van der Waals surface area (Å²) >= 11 is 0. The van der Waals surface area contributed by atoms with Gasteiger partial charge in [0.25, 0.3) is 5.56 Å². The van der Waals surface area contributed by atoms with E-state index in [1.807, 2.05) is 0 Å². The van der Waals surface area contributed by atoms with Gasteiger partial charge in [0.1, 0.15) is 0 Å². The van der Waals surface area contributed by atoms with Crippen LogP contribution in [-0.2, 0) is 12.7 Å². The normalized spacial score (nSPS) is 14.0. The highest BCUT2D eigenvalue weighted by Gasteiger charge is 2.31. The lowest BCUT2D eigenvalue weighted by Crippen LogP contribution is -2.25. The predicted octanol–water partition coefficient (Wildman–Crippen LogP) is 2.91. The number of ketones is 1. The summed E-state index contributed by atoms with van der Waals surface area (Å²) in [5, 5.41) is 0. The van der Waals surface area contributed by atoms with E-state index in [1.54, 1.807) is 6.07 Å². The number of nitrogens with zero attached hydrogens (tertiary/aromatic N) is 1. The topological polar surface area (TPSA) is 57.5 Å². The van der Waals surface area contributed by atoms with E-state index >= 15 is 0 Å². The number of aromatic nitrogens is 1. The van der Waals surface area contributed by atoms with Crippen LogP contribution < -0.4 is 15.0 Å². The van der Waals surface area contributed by atoms with E-state index in [-0.39, 0.29) is 5.56 Å². The zero-order valence-electron chi connectivity index (χ0n) is 13.0. The van der Waals surface area contributed by atoms with Gasteiger partial charge in [-0.05, 0) is 24.3 Å². The minimum Gasteiger partial charge on any atom is -0.490 e. The number of carbonyl (C=O) groups is 1. The van der Waals surface area contributed by atoms with Gasteiger partial charge < -0.3 is 14.0 Å². The van der Waals surface area contributed by atoms with E-state index in [4.69, 9.17) is 9.47 Å². The number of hydrogen-bond donors (Lipinski definition) is 0. The Morgan fingerprint density at radius 2 is 1.80 bits per heavy atom. The van der Waals surface area contributed by atoms with Crippen molar-refractivity contribution < 1.29 is 27.4 Å². The molecule has 3 rings (SSSR count). The van der Waals surface area contributed by atoms with Crippen LogP contribution in [0.25, 0.3) is 0 Å². The lowest BCUT2D eigenvalue weighted by Gasteiger charge is -2.11. The van der Waals surface area contributed by atoms with Crippen LogP contribution in [0.1, 0.15) is 22.3 Å². The van der Waals surface area contributed by atoms with Gasteiger partial charge in [-0.3, -0.25) is 9.59 Å². The number of carbonyl (C=O) groups excluding carboxylic acids is 1. The van der Waals surface area contributed by atoms with Crippen LogP contribution >= 0.6 is 0 Å². The standard InChI is InChI=1S/C17H14F3NO4/c18-17(19,20)12-3-5-16(23)21(9-12)10-13(22)11-2-4-14-15(8-11)25-7-1-6-24-14/h2-5,8-9H,1,6-7,10H2. The molecule has 2 aromatic rings. The summed E-state index contributed by atoms with van der Waals surface area (Å²) in [7, 11) is 0. The fraction of sp³-hybridized carbons (Fsp3) is 0.294. The number of benzene rings is 1. The molecular formula is C17H14F3NO4. The highest BCUT2D eigenvalue weighted by molar-refractivity contribution is 5.96. The summed E-state index contributed by atoms with van der Waals surface area (Å²) in [5.74, 6) is 0.405. The summed E-state index contributed by atoms with van der Waals surface area (Å²) in [6.45, 7) is 0.444. The smallest absolute Gasteiger partial charge is 0.417 e. The number of hydrogen-bond acceptors (Lipinski definition) is 4. The molecule has 0 amide bonds. The number of rotatable bonds is 3. The first kappa shape index (κ1) is 17.1. The number of ether oxygens (including phenoxy) is 2. The molecule has 1 aliphatic heterocycles. The first-order valence-corrected chi connectivity index (χ1v) is 7.55. The first-order valence-electron chi connectivity index (χ1n) is 7.55. The van der Waals surface area contributed by atoms with Crippen LogP contribution in [0.5, 0.6) is 11.5 Å². The second-order valence-corrected chi connectivity index (χ2v) is 5.52. The van der Waals surface area contributed by atoms with E-state index in [1.165, 1.54) is 12.1 Å². The molecule has 0 fully saturated rings. The van der Waals surface area contributed by atoms with E-state index in [0.717, 1.165) is 10.6 Å². The Morgan fingerprint density at radius 3 is 2.52 bits per heavy atom. The van der Waals surface area contributed by atoms with Gasteiger partial charge in [0.05, 0.1) is 25.3 Å². The molecule has 1 aliphatic rings. The quantitative estimate of drug-likeness (QED) is 0.796. The molecule has 1 aromatic heterocycles. The number of halogens is 3. The molecule has 5 nitrogen and oxygen atoms in total. The lowest BCUT2D eigenvalue weighted by molar-refractivity contribution is -0.138.